The molecule has 0 bridgehead atoms. The lowest BCUT2D eigenvalue weighted by atomic mass is 9.91. The maximum atomic E-state index is 10.7. The number of carboxylic acids is 1. The maximum Gasteiger partial charge on any atom is 0.303 e. The molecule has 1 aliphatic carbocycles. The van der Waals surface area contributed by atoms with Crippen LogP contribution in [0.1, 0.15) is 117 Å². The number of hydrogen-bond donors (Lipinski definition) is 3. The highest BCUT2D eigenvalue weighted by Crippen LogP contribution is 2.39. The lowest BCUT2D eigenvalue weighted by molar-refractivity contribution is -0.137. The minimum Gasteiger partial charge on any atom is -0.481 e. The standard InChI is InChI=1S/C26H46O4/c1-3-5-7-11-14-21-20-25(28)24(19-18-22(27)15-10-6-4-2)23(21)16-12-8-9-13-17-26(29)30/h18-19,22,24-25,27-28H,3-17,20H2,1-2H3,(H,29,30)/b19-18+/t22-,24+,25+/m0/s1. The number of rotatable bonds is 18. The zero-order chi connectivity index (χ0) is 22.2. The number of aliphatic carboxylic acids is 1. The fourth-order valence-electron chi connectivity index (χ4n) is 4.49. The van der Waals surface area contributed by atoms with Gasteiger partial charge in [0.25, 0.3) is 0 Å². The van der Waals surface area contributed by atoms with Crippen LogP contribution in [0.4, 0.5) is 0 Å². The van der Waals surface area contributed by atoms with Gasteiger partial charge in [0.1, 0.15) is 0 Å². The van der Waals surface area contributed by atoms with E-state index in [2.05, 4.69) is 19.9 Å². The molecule has 0 aromatic carbocycles. The Bertz CT molecular complexity index is 523. The van der Waals surface area contributed by atoms with Crippen LogP contribution in [0.2, 0.25) is 0 Å². The lowest BCUT2D eigenvalue weighted by Crippen LogP contribution is -2.15. The fourth-order valence-corrected chi connectivity index (χ4v) is 4.49. The van der Waals surface area contributed by atoms with Crippen LogP contribution in [0.25, 0.3) is 0 Å². The van der Waals surface area contributed by atoms with Crippen molar-refractivity contribution in [3.63, 3.8) is 0 Å². The Morgan fingerprint density at radius 2 is 1.60 bits per heavy atom. The second kappa shape index (κ2) is 16.5. The molecule has 0 aliphatic heterocycles. The summed E-state index contributed by atoms with van der Waals surface area (Å²) in [5.41, 5.74) is 2.81. The lowest BCUT2D eigenvalue weighted by Gasteiger charge is -2.16. The molecule has 4 heteroatoms. The molecule has 0 saturated carbocycles. The minimum atomic E-state index is -0.714. The number of aliphatic hydroxyl groups is 2. The number of hydrogen-bond acceptors (Lipinski definition) is 3. The van der Waals surface area contributed by atoms with Crippen molar-refractivity contribution in [1.82, 2.24) is 0 Å². The van der Waals surface area contributed by atoms with Crippen LogP contribution in [-0.2, 0) is 4.79 Å². The summed E-state index contributed by atoms with van der Waals surface area (Å²) in [5, 5.41) is 29.8. The maximum absolute atomic E-state index is 10.7. The smallest absolute Gasteiger partial charge is 0.303 e. The van der Waals surface area contributed by atoms with Crippen LogP contribution >= 0.6 is 0 Å². The van der Waals surface area contributed by atoms with Crippen LogP contribution in [0.3, 0.4) is 0 Å². The molecule has 3 N–H and O–H groups in total. The van der Waals surface area contributed by atoms with Crippen LogP contribution < -0.4 is 0 Å². The molecular formula is C26H46O4. The fraction of sp³-hybridized carbons (Fsp3) is 0.808. The van der Waals surface area contributed by atoms with Gasteiger partial charge < -0.3 is 15.3 Å². The van der Waals surface area contributed by atoms with Gasteiger partial charge in [-0.25, -0.2) is 0 Å². The molecule has 0 heterocycles. The van der Waals surface area contributed by atoms with Crippen LogP contribution in [0, 0.1) is 5.92 Å². The Labute approximate surface area is 184 Å². The van der Waals surface area contributed by atoms with Gasteiger partial charge in [0.15, 0.2) is 0 Å². The SMILES string of the molecule is CCCCCCC1=C(CCCCCCC(=O)O)[C@@H](/C=C/[C@@H](O)CCCCC)[C@H](O)C1. The van der Waals surface area contributed by atoms with Crippen LogP contribution in [0.5, 0.6) is 0 Å². The monoisotopic (exact) mass is 422 g/mol. The van der Waals surface area contributed by atoms with E-state index in [1.807, 2.05) is 6.08 Å². The van der Waals surface area contributed by atoms with Crippen molar-refractivity contribution in [2.45, 2.75) is 129 Å². The Balaban J connectivity index is 2.66. The Kier molecular flexibility index (Phi) is 14.8. The summed E-state index contributed by atoms with van der Waals surface area (Å²) in [6.45, 7) is 4.39. The summed E-state index contributed by atoms with van der Waals surface area (Å²) in [5.74, 6) is -0.681. The summed E-state index contributed by atoms with van der Waals surface area (Å²) in [6, 6.07) is 0. The highest BCUT2D eigenvalue weighted by atomic mass is 16.4. The average Bonchev–Trinajstić information content (AvgIpc) is 3.00. The number of carboxylic acid groups (broad SMARTS) is 1. The molecule has 3 atom stereocenters. The molecule has 0 saturated heterocycles. The first-order chi connectivity index (χ1) is 14.5. The molecule has 0 spiro atoms. The molecule has 1 rings (SSSR count). The molecule has 4 nitrogen and oxygen atoms in total. The van der Waals surface area contributed by atoms with Crippen molar-refractivity contribution in [3.8, 4) is 0 Å². The van der Waals surface area contributed by atoms with Gasteiger partial charge in [0, 0.05) is 12.3 Å². The minimum absolute atomic E-state index is 0.0334. The first kappa shape index (κ1) is 26.9. The molecule has 0 radical (unpaired) electrons. The van der Waals surface area contributed by atoms with Crippen molar-refractivity contribution in [3.05, 3.63) is 23.3 Å². The van der Waals surface area contributed by atoms with Crippen molar-refractivity contribution < 1.29 is 20.1 Å². The summed E-state index contributed by atoms with van der Waals surface area (Å²) in [7, 11) is 0. The largest absolute Gasteiger partial charge is 0.481 e. The Morgan fingerprint density at radius 1 is 0.967 bits per heavy atom. The molecule has 0 amide bonds. The van der Waals surface area contributed by atoms with Gasteiger partial charge in [0.05, 0.1) is 12.2 Å². The third-order valence-electron chi connectivity index (χ3n) is 6.29. The van der Waals surface area contributed by atoms with E-state index in [0.29, 0.717) is 0 Å². The molecule has 174 valence electrons. The van der Waals surface area contributed by atoms with E-state index in [1.165, 1.54) is 36.8 Å². The van der Waals surface area contributed by atoms with Crippen molar-refractivity contribution in [1.29, 1.82) is 0 Å². The summed E-state index contributed by atoms with van der Waals surface area (Å²) >= 11 is 0. The number of unbranched alkanes of at least 4 members (excludes halogenated alkanes) is 8. The number of carbonyl (C=O) groups is 1. The molecule has 0 fully saturated rings. The summed E-state index contributed by atoms with van der Waals surface area (Å²) < 4.78 is 0. The molecule has 0 aromatic rings. The van der Waals surface area contributed by atoms with E-state index in [1.54, 1.807) is 0 Å². The normalized spacial score (nSPS) is 20.4. The van der Waals surface area contributed by atoms with Gasteiger partial charge in [0.2, 0.25) is 0 Å². The van der Waals surface area contributed by atoms with Crippen molar-refractivity contribution in [2.24, 2.45) is 5.92 Å². The van der Waals surface area contributed by atoms with E-state index in [-0.39, 0.29) is 18.4 Å². The average molecular weight is 423 g/mol. The van der Waals surface area contributed by atoms with Gasteiger partial charge >= 0.3 is 5.97 Å². The van der Waals surface area contributed by atoms with E-state index in [4.69, 9.17) is 5.11 Å². The van der Waals surface area contributed by atoms with Gasteiger partial charge in [-0.05, 0) is 44.9 Å². The van der Waals surface area contributed by atoms with E-state index in [9.17, 15) is 15.0 Å². The van der Waals surface area contributed by atoms with E-state index < -0.39 is 12.1 Å². The van der Waals surface area contributed by atoms with Gasteiger partial charge in [-0.15, -0.1) is 0 Å². The Hall–Kier alpha value is -1.13. The second-order valence-electron chi connectivity index (χ2n) is 8.99. The highest BCUT2D eigenvalue weighted by Gasteiger charge is 2.30. The Morgan fingerprint density at radius 3 is 2.30 bits per heavy atom. The first-order valence-electron chi connectivity index (χ1n) is 12.5. The summed E-state index contributed by atoms with van der Waals surface area (Å²) in [6.07, 6.45) is 19.1. The second-order valence-corrected chi connectivity index (χ2v) is 8.99. The van der Waals surface area contributed by atoms with Crippen molar-refractivity contribution in [2.75, 3.05) is 0 Å². The first-order valence-corrected chi connectivity index (χ1v) is 12.5. The molecule has 1 aliphatic rings. The predicted octanol–water partition coefficient (Wildman–Crippen LogP) is 6.56. The highest BCUT2D eigenvalue weighted by molar-refractivity contribution is 5.66. The summed E-state index contributed by atoms with van der Waals surface area (Å²) in [4.78, 5) is 10.7. The molecule has 0 unspecified atom stereocenters. The zero-order valence-electron chi connectivity index (χ0n) is 19.5. The van der Waals surface area contributed by atoms with Crippen LogP contribution in [-0.4, -0.2) is 33.5 Å². The third-order valence-corrected chi connectivity index (χ3v) is 6.29. The van der Waals surface area contributed by atoms with Crippen molar-refractivity contribution >= 4 is 5.97 Å². The molecular weight excluding hydrogens is 376 g/mol. The van der Waals surface area contributed by atoms with Gasteiger partial charge in [-0.3, -0.25) is 4.79 Å². The van der Waals surface area contributed by atoms with E-state index in [0.717, 1.165) is 70.6 Å². The zero-order valence-corrected chi connectivity index (χ0v) is 19.5. The van der Waals surface area contributed by atoms with Gasteiger partial charge in [-0.1, -0.05) is 88.5 Å². The quantitative estimate of drug-likeness (QED) is 0.173. The van der Waals surface area contributed by atoms with E-state index >= 15 is 0 Å². The topological polar surface area (TPSA) is 77.8 Å². The molecule has 0 aromatic heterocycles. The third kappa shape index (κ3) is 11.3. The number of aliphatic hydroxyl groups excluding tert-OH is 2. The van der Waals surface area contributed by atoms with Gasteiger partial charge in [-0.2, -0.15) is 0 Å². The molecule has 30 heavy (non-hydrogen) atoms. The predicted molar refractivity (Wildman–Crippen MR) is 125 cm³/mol. The van der Waals surface area contributed by atoms with Crippen LogP contribution in [0.15, 0.2) is 23.3 Å².